The quantitative estimate of drug-likeness (QED) is 0.686. The summed E-state index contributed by atoms with van der Waals surface area (Å²) in [4.78, 5) is 0. The van der Waals surface area contributed by atoms with Gasteiger partial charge in [0.2, 0.25) is 0 Å². The number of hydrogen-bond acceptors (Lipinski definition) is 2. The number of rotatable bonds is 5. The van der Waals surface area contributed by atoms with Gasteiger partial charge in [0.15, 0.2) is 0 Å². The maximum Gasteiger partial charge on any atom is 0.0492 e. The number of aromatic nitrogens is 2. The maximum atomic E-state index is 4.14. The Balaban J connectivity index is 1.64. The van der Waals surface area contributed by atoms with Crippen LogP contribution in [0.1, 0.15) is 25.0 Å². The van der Waals surface area contributed by atoms with Crippen molar-refractivity contribution in [3.63, 3.8) is 0 Å². The van der Waals surface area contributed by atoms with Crippen LogP contribution in [0.2, 0.25) is 0 Å². The highest BCUT2D eigenvalue weighted by Gasteiger charge is 2.19. The van der Waals surface area contributed by atoms with E-state index in [9.17, 15) is 0 Å². The third-order valence-corrected chi connectivity index (χ3v) is 2.54. The van der Waals surface area contributed by atoms with Crippen LogP contribution in [0.3, 0.4) is 0 Å². The van der Waals surface area contributed by atoms with Crippen molar-refractivity contribution >= 4 is 0 Å². The first-order valence-electron chi connectivity index (χ1n) is 5.06. The van der Waals surface area contributed by atoms with Crippen LogP contribution < -0.4 is 5.32 Å². The molecule has 1 saturated carbocycles. The normalized spacial score (nSPS) is 16.4. The molecule has 3 heteroatoms. The highest BCUT2D eigenvalue weighted by atomic mass is 15.2. The molecule has 0 amide bonds. The number of nitrogens with one attached hydrogen (secondary N) is 1. The summed E-state index contributed by atoms with van der Waals surface area (Å²) in [7, 11) is 2.00. The van der Waals surface area contributed by atoms with Crippen molar-refractivity contribution in [3.05, 3.63) is 18.0 Å². The summed E-state index contributed by atoms with van der Waals surface area (Å²) in [5, 5.41) is 7.65. The second kappa shape index (κ2) is 3.92. The lowest BCUT2D eigenvalue weighted by Gasteiger charge is -2.02. The van der Waals surface area contributed by atoms with Gasteiger partial charge in [0.25, 0.3) is 0 Å². The monoisotopic (exact) mass is 179 g/mol. The van der Waals surface area contributed by atoms with Gasteiger partial charge in [0.05, 0.1) is 0 Å². The fraction of sp³-hybridized carbons (Fsp3) is 0.700. The van der Waals surface area contributed by atoms with Crippen molar-refractivity contribution in [2.75, 3.05) is 6.54 Å². The fourth-order valence-electron chi connectivity index (χ4n) is 1.51. The highest BCUT2D eigenvalue weighted by molar-refractivity contribution is 4.99. The standard InChI is InChI=1S/C10H17N3/c1-13-10(6-8-12-13)3-2-7-11-9-4-5-9/h6,8-9,11H,2-5,7H2,1H3. The largest absolute Gasteiger partial charge is 0.314 e. The minimum absolute atomic E-state index is 0.839. The van der Waals surface area contributed by atoms with Gasteiger partial charge in [-0.05, 0) is 38.3 Å². The van der Waals surface area contributed by atoms with Crippen molar-refractivity contribution in [1.29, 1.82) is 0 Å². The lowest BCUT2D eigenvalue weighted by atomic mass is 10.2. The Kier molecular flexibility index (Phi) is 2.64. The van der Waals surface area contributed by atoms with Gasteiger partial charge < -0.3 is 5.32 Å². The zero-order valence-corrected chi connectivity index (χ0v) is 8.16. The van der Waals surface area contributed by atoms with E-state index in [1.165, 1.54) is 25.0 Å². The summed E-state index contributed by atoms with van der Waals surface area (Å²) in [6, 6.07) is 2.93. The first kappa shape index (κ1) is 8.75. The lowest BCUT2D eigenvalue weighted by Crippen LogP contribution is -2.18. The zero-order chi connectivity index (χ0) is 9.10. The Bertz CT molecular complexity index is 263. The molecule has 0 aliphatic heterocycles. The fourth-order valence-corrected chi connectivity index (χ4v) is 1.51. The van der Waals surface area contributed by atoms with Crippen LogP contribution in [0, 0.1) is 0 Å². The minimum atomic E-state index is 0.839. The number of hydrogen-bond donors (Lipinski definition) is 1. The van der Waals surface area contributed by atoms with Crippen LogP contribution in [-0.2, 0) is 13.5 Å². The topological polar surface area (TPSA) is 29.9 Å². The van der Waals surface area contributed by atoms with Crippen LogP contribution in [0.4, 0.5) is 0 Å². The third-order valence-electron chi connectivity index (χ3n) is 2.54. The summed E-state index contributed by atoms with van der Waals surface area (Å²) in [6.07, 6.45) is 6.98. The Morgan fingerprint density at radius 3 is 3.08 bits per heavy atom. The van der Waals surface area contributed by atoms with E-state index < -0.39 is 0 Å². The second-order valence-corrected chi connectivity index (χ2v) is 3.78. The average molecular weight is 179 g/mol. The summed E-state index contributed by atoms with van der Waals surface area (Å²) in [5.74, 6) is 0. The van der Waals surface area contributed by atoms with E-state index in [2.05, 4.69) is 16.5 Å². The van der Waals surface area contributed by atoms with Crippen LogP contribution in [-0.4, -0.2) is 22.4 Å². The molecule has 72 valence electrons. The molecule has 13 heavy (non-hydrogen) atoms. The molecule has 0 bridgehead atoms. The van der Waals surface area contributed by atoms with Crippen LogP contribution in [0.25, 0.3) is 0 Å². The van der Waals surface area contributed by atoms with Crippen molar-refractivity contribution in [3.8, 4) is 0 Å². The van der Waals surface area contributed by atoms with Gasteiger partial charge in [-0.25, -0.2) is 0 Å². The molecule has 0 unspecified atom stereocenters. The Morgan fingerprint density at radius 2 is 2.46 bits per heavy atom. The second-order valence-electron chi connectivity index (χ2n) is 3.78. The molecular formula is C10H17N3. The van der Waals surface area contributed by atoms with E-state index >= 15 is 0 Å². The van der Waals surface area contributed by atoms with E-state index in [1.807, 2.05) is 17.9 Å². The molecule has 1 N–H and O–H groups in total. The van der Waals surface area contributed by atoms with E-state index in [4.69, 9.17) is 0 Å². The Labute approximate surface area is 79.1 Å². The molecular weight excluding hydrogens is 162 g/mol. The van der Waals surface area contributed by atoms with Crippen molar-refractivity contribution in [2.45, 2.75) is 31.7 Å². The minimum Gasteiger partial charge on any atom is -0.314 e. The third kappa shape index (κ3) is 2.56. The van der Waals surface area contributed by atoms with Gasteiger partial charge in [-0.2, -0.15) is 5.10 Å². The van der Waals surface area contributed by atoms with Gasteiger partial charge in [0.1, 0.15) is 0 Å². The van der Waals surface area contributed by atoms with E-state index in [0.717, 1.165) is 19.0 Å². The summed E-state index contributed by atoms with van der Waals surface area (Å²) >= 11 is 0. The molecule has 1 aromatic rings. The van der Waals surface area contributed by atoms with Gasteiger partial charge in [-0.15, -0.1) is 0 Å². The van der Waals surface area contributed by atoms with Crippen LogP contribution >= 0.6 is 0 Å². The van der Waals surface area contributed by atoms with Gasteiger partial charge in [-0.3, -0.25) is 4.68 Å². The molecule has 0 aromatic carbocycles. The molecule has 1 fully saturated rings. The Hall–Kier alpha value is -0.830. The molecule has 0 saturated heterocycles. The predicted octanol–water partition coefficient (Wildman–Crippen LogP) is 1.10. The number of nitrogens with zero attached hydrogens (tertiary/aromatic N) is 2. The van der Waals surface area contributed by atoms with Crippen molar-refractivity contribution in [1.82, 2.24) is 15.1 Å². The summed E-state index contributed by atoms with van der Waals surface area (Å²) in [6.45, 7) is 1.15. The van der Waals surface area contributed by atoms with Crippen molar-refractivity contribution in [2.24, 2.45) is 7.05 Å². The highest BCUT2D eigenvalue weighted by Crippen LogP contribution is 2.18. The molecule has 1 aliphatic carbocycles. The average Bonchev–Trinajstić information content (AvgIpc) is 2.86. The molecule has 1 heterocycles. The lowest BCUT2D eigenvalue weighted by molar-refractivity contribution is 0.620. The van der Waals surface area contributed by atoms with Gasteiger partial charge in [-0.1, -0.05) is 0 Å². The van der Waals surface area contributed by atoms with E-state index in [1.54, 1.807) is 0 Å². The van der Waals surface area contributed by atoms with Gasteiger partial charge in [0, 0.05) is 25.0 Å². The number of aryl methyl sites for hydroxylation is 2. The van der Waals surface area contributed by atoms with Crippen molar-refractivity contribution < 1.29 is 0 Å². The Morgan fingerprint density at radius 1 is 1.62 bits per heavy atom. The smallest absolute Gasteiger partial charge is 0.0492 e. The molecule has 3 nitrogen and oxygen atoms in total. The molecule has 0 spiro atoms. The van der Waals surface area contributed by atoms with E-state index in [-0.39, 0.29) is 0 Å². The van der Waals surface area contributed by atoms with E-state index in [0.29, 0.717) is 0 Å². The molecule has 1 aliphatic rings. The van der Waals surface area contributed by atoms with Gasteiger partial charge >= 0.3 is 0 Å². The first-order valence-corrected chi connectivity index (χ1v) is 5.06. The van der Waals surface area contributed by atoms with Crippen LogP contribution in [0.15, 0.2) is 12.3 Å². The van der Waals surface area contributed by atoms with Crippen LogP contribution in [0.5, 0.6) is 0 Å². The summed E-state index contributed by atoms with van der Waals surface area (Å²) < 4.78 is 1.96. The first-order chi connectivity index (χ1) is 6.36. The summed E-state index contributed by atoms with van der Waals surface area (Å²) in [5.41, 5.74) is 1.33. The molecule has 2 rings (SSSR count). The zero-order valence-electron chi connectivity index (χ0n) is 8.16. The molecule has 0 atom stereocenters. The SMILES string of the molecule is Cn1nccc1CCCNC1CC1. The predicted molar refractivity (Wildman–Crippen MR) is 52.6 cm³/mol. The maximum absolute atomic E-state index is 4.14. The molecule has 1 aromatic heterocycles. The molecule has 0 radical (unpaired) electrons.